The zero-order valence-electron chi connectivity index (χ0n) is 15.6. The van der Waals surface area contributed by atoms with E-state index in [0.717, 1.165) is 11.3 Å². The molecule has 0 radical (unpaired) electrons. The Balaban J connectivity index is 1.61. The number of hydrogen-bond donors (Lipinski definition) is 0. The molecule has 9 heteroatoms. The third-order valence-electron chi connectivity index (χ3n) is 4.66. The molecule has 0 N–H and O–H groups in total. The fourth-order valence-corrected chi connectivity index (χ4v) is 3.21. The van der Waals surface area contributed by atoms with Crippen molar-refractivity contribution >= 4 is 5.69 Å². The summed E-state index contributed by atoms with van der Waals surface area (Å²) in [5.74, 6) is 0.793. The van der Waals surface area contributed by atoms with Crippen LogP contribution < -0.4 is 0 Å². The molecule has 4 aromatic rings. The molecular weight excluding hydrogens is 360 g/mol. The highest BCUT2D eigenvalue weighted by atomic mass is 16.6. The first-order valence-corrected chi connectivity index (χ1v) is 8.73. The van der Waals surface area contributed by atoms with Crippen molar-refractivity contribution in [2.24, 2.45) is 0 Å². The van der Waals surface area contributed by atoms with Crippen molar-refractivity contribution in [1.29, 1.82) is 0 Å². The fraction of sp³-hybridized carbons (Fsp3) is 0.211. The molecule has 3 heterocycles. The minimum atomic E-state index is -0.424. The lowest BCUT2D eigenvalue weighted by atomic mass is 10.2. The molecule has 1 atom stereocenters. The minimum Gasteiger partial charge on any atom is -0.337 e. The smallest absolute Gasteiger partial charge is 0.312 e. The second-order valence-corrected chi connectivity index (χ2v) is 6.49. The van der Waals surface area contributed by atoms with Crippen molar-refractivity contribution in [2.45, 2.75) is 26.8 Å². The van der Waals surface area contributed by atoms with Crippen LogP contribution in [0.3, 0.4) is 0 Å². The van der Waals surface area contributed by atoms with Crippen LogP contribution in [0.25, 0.3) is 17.1 Å². The van der Waals surface area contributed by atoms with E-state index < -0.39 is 11.0 Å². The number of nitro groups is 1. The molecule has 0 amide bonds. The molecule has 0 saturated carbocycles. The highest BCUT2D eigenvalue weighted by molar-refractivity contribution is 5.56. The lowest BCUT2D eigenvalue weighted by Crippen LogP contribution is -2.11. The van der Waals surface area contributed by atoms with Gasteiger partial charge in [-0.15, -0.1) is 0 Å². The van der Waals surface area contributed by atoms with Gasteiger partial charge in [0.1, 0.15) is 17.4 Å². The summed E-state index contributed by atoms with van der Waals surface area (Å²) < 4.78 is 8.95. The van der Waals surface area contributed by atoms with Crippen LogP contribution in [-0.4, -0.2) is 29.4 Å². The van der Waals surface area contributed by atoms with E-state index in [1.165, 1.54) is 0 Å². The van der Waals surface area contributed by atoms with Gasteiger partial charge in [0.05, 0.1) is 4.92 Å². The number of benzene rings is 1. The van der Waals surface area contributed by atoms with Crippen LogP contribution in [0, 0.1) is 24.0 Å². The van der Waals surface area contributed by atoms with E-state index in [1.807, 2.05) is 60.3 Å². The largest absolute Gasteiger partial charge is 0.337 e. The normalized spacial score (nSPS) is 12.2. The van der Waals surface area contributed by atoms with Gasteiger partial charge in [-0.25, -0.2) is 0 Å². The minimum absolute atomic E-state index is 0.00666. The molecule has 142 valence electrons. The summed E-state index contributed by atoms with van der Waals surface area (Å²) in [5, 5.41) is 19.5. The van der Waals surface area contributed by atoms with Gasteiger partial charge >= 0.3 is 5.69 Å². The molecule has 0 bridgehead atoms. The maximum atomic E-state index is 11.2. The van der Waals surface area contributed by atoms with Crippen molar-refractivity contribution in [1.82, 2.24) is 24.5 Å². The Hall–Kier alpha value is -3.75. The van der Waals surface area contributed by atoms with Gasteiger partial charge in [-0.05, 0) is 57.2 Å². The molecular formula is C19H18N6O3. The van der Waals surface area contributed by atoms with Crippen LogP contribution >= 0.6 is 0 Å². The van der Waals surface area contributed by atoms with Crippen molar-refractivity contribution < 1.29 is 9.45 Å². The van der Waals surface area contributed by atoms with E-state index in [9.17, 15) is 10.1 Å². The van der Waals surface area contributed by atoms with Gasteiger partial charge in [0, 0.05) is 23.6 Å². The van der Waals surface area contributed by atoms with Gasteiger partial charge in [0.25, 0.3) is 5.89 Å². The van der Waals surface area contributed by atoms with Crippen LogP contribution in [0.15, 0.2) is 53.3 Å². The Morgan fingerprint density at radius 1 is 1.14 bits per heavy atom. The summed E-state index contributed by atoms with van der Waals surface area (Å²) in [6.45, 7) is 5.08. The third kappa shape index (κ3) is 2.96. The van der Waals surface area contributed by atoms with Crippen LogP contribution in [-0.2, 0) is 0 Å². The van der Waals surface area contributed by atoms with Crippen molar-refractivity contribution in [3.8, 4) is 17.1 Å². The molecule has 0 aliphatic carbocycles. The average Bonchev–Trinajstić information content (AvgIpc) is 3.41. The highest BCUT2D eigenvalue weighted by Gasteiger charge is 2.27. The monoisotopic (exact) mass is 378 g/mol. The maximum Gasteiger partial charge on any atom is 0.312 e. The lowest BCUT2D eigenvalue weighted by molar-refractivity contribution is -0.386. The van der Waals surface area contributed by atoms with Crippen molar-refractivity contribution in [3.63, 3.8) is 0 Å². The second kappa shape index (κ2) is 6.76. The van der Waals surface area contributed by atoms with Gasteiger partial charge in [0.15, 0.2) is 0 Å². The zero-order chi connectivity index (χ0) is 19.8. The first-order chi connectivity index (χ1) is 13.5. The Morgan fingerprint density at radius 3 is 2.43 bits per heavy atom. The summed E-state index contributed by atoms with van der Waals surface area (Å²) >= 11 is 0. The quantitative estimate of drug-likeness (QED) is 0.386. The molecule has 0 fully saturated rings. The first-order valence-electron chi connectivity index (χ1n) is 8.73. The van der Waals surface area contributed by atoms with E-state index in [1.54, 1.807) is 18.5 Å². The van der Waals surface area contributed by atoms with E-state index in [4.69, 9.17) is 4.52 Å². The molecule has 0 aliphatic heterocycles. The second-order valence-electron chi connectivity index (χ2n) is 6.49. The van der Waals surface area contributed by atoms with E-state index in [-0.39, 0.29) is 5.69 Å². The molecule has 4 rings (SSSR count). The van der Waals surface area contributed by atoms with Crippen LogP contribution in [0.1, 0.15) is 30.2 Å². The number of aromatic nitrogens is 5. The van der Waals surface area contributed by atoms with Gasteiger partial charge in [-0.3, -0.25) is 14.8 Å². The Labute approximate surface area is 160 Å². The molecule has 0 aliphatic rings. The molecule has 0 spiro atoms. The molecule has 0 saturated heterocycles. The predicted molar refractivity (Wildman–Crippen MR) is 101 cm³/mol. The molecule has 28 heavy (non-hydrogen) atoms. The van der Waals surface area contributed by atoms with E-state index in [0.29, 0.717) is 23.1 Å². The summed E-state index contributed by atoms with van der Waals surface area (Å²) in [6, 6.07) is 11.3. The maximum absolute atomic E-state index is 11.2. The summed E-state index contributed by atoms with van der Waals surface area (Å²) in [6.07, 6.45) is 3.94. The molecule has 1 aromatic carbocycles. The Bertz CT molecular complexity index is 1130. The summed E-state index contributed by atoms with van der Waals surface area (Å²) in [7, 11) is 0. The first kappa shape index (κ1) is 17.7. The van der Waals surface area contributed by atoms with Gasteiger partial charge in [-0.1, -0.05) is 5.16 Å². The molecule has 1 unspecified atom stereocenters. The SMILES string of the molecule is Cc1nn(C(C)c2nc(-c3ccc(-n4cccc4)cc3)no2)c(C)c1[N+](=O)[O-]. The fourth-order valence-electron chi connectivity index (χ4n) is 3.21. The number of nitrogens with zero attached hydrogens (tertiary/aromatic N) is 6. The lowest BCUT2D eigenvalue weighted by Gasteiger charge is -2.08. The van der Waals surface area contributed by atoms with Gasteiger partial charge in [-0.2, -0.15) is 10.1 Å². The highest BCUT2D eigenvalue weighted by Crippen LogP contribution is 2.28. The standard InChI is InChI=1S/C19H18N6O3/c1-12-17(25(26)27)13(2)24(21-12)14(3)19-20-18(22-28-19)15-6-8-16(9-7-15)23-10-4-5-11-23/h4-11,14H,1-3H3. The third-order valence-corrected chi connectivity index (χ3v) is 4.66. The average molecular weight is 378 g/mol. The molecule has 9 nitrogen and oxygen atoms in total. The predicted octanol–water partition coefficient (Wildman–Crippen LogP) is 3.86. The van der Waals surface area contributed by atoms with Crippen molar-refractivity contribution in [3.05, 3.63) is 76.2 Å². The topological polar surface area (TPSA) is 105 Å². The summed E-state index contributed by atoms with van der Waals surface area (Å²) in [4.78, 5) is 15.3. The van der Waals surface area contributed by atoms with Crippen LogP contribution in [0.4, 0.5) is 5.69 Å². The number of hydrogen-bond acceptors (Lipinski definition) is 6. The van der Waals surface area contributed by atoms with E-state index >= 15 is 0 Å². The van der Waals surface area contributed by atoms with Gasteiger partial charge < -0.3 is 9.09 Å². The Kier molecular flexibility index (Phi) is 4.26. The summed E-state index contributed by atoms with van der Waals surface area (Å²) in [5.41, 5.74) is 2.66. The van der Waals surface area contributed by atoms with E-state index in [2.05, 4.69) is 15.2 Å². The van der Waals surface area contributed by atoms with Crippen LogP contribution in [0.2, 0.25) is 0 Å². The molecule has 3 aromatic heterocycles. The van der Waals surface area contributed by atoms with Crippen LogP contribution in [0.5, 0.6) is 0 Å². The van der Waals surface area contributed by atoms with Crippen molar-refractivity contribution in [2.75, 3.05) is 0 Å². The zero-order valence-corrected chi connectivity index (χ0v) is 15.6. The number of rotatable bonds is 5. The Morgan fingerprint density at radius 2 is 1.82 bits per heavy atom. The van der Waals surface area contributed by atoms with Gasteiger partial charge in [0.2, 0.25) is 5.82 Å². The number of aryl methyl sites for hydroxylation is 1.